The second-order valence-corrected chi connectivity index (χ2v) is 4.69. The molecule has 0 saturated carbocycles. The normalized spacial score (nSPS) is 19.6. The van der Waals surface area contributed by atoms with Crippen LogP contribution in [0.1, 0.15) is 18.4 Å². The number of nitrogens with one attached hydrogen (secondary N) is 1. The van der Waals surface area contributed by atoms with Gasteiger partial charge >= 0.3 is 0 Å². The molecule has 0 amide bonds. The van der Waals surface area contributed by atoms with Gasteiger partial charge in [-0.2, -0.15) is 0 Å². The molecule has 7 heteroatoms. The van der Waals surface area contributed by atoms with E-state index in [0.29, 0.717) is 12.2 Å². The van der Waals surface area contributed by atoms with Crippen molar-refractivity contribution in [2.75, 3.05) is 18.6 Å². The van der Waals surface area contributed by atoms with Crippen LogP contribution in [-0.4, -0.2) is 34.1 Å². The molecule has 1 saturated heterocycles. The number of hydrogen-bond donors (Lipinski definition) is 3. The van der Waals surface area contributed by atoms with Crippen molar-refractivity contribution in [1.29, 1.82) is 0 Å². The third-order valence-electron chi connectivity index (χ3n) is 3.54. The van der Waals surface area contributed by atoms with E-state index < -0.39 is 4.92 Å². The molecular formula is C12H18N4O3. The number of non-ortho nitro benzene ring substituents is 1. The first-order valence-corrected chi connectivity index (χ1v) is 6.24. The summed E-state index contributed by atoms with van der Waals surface area (Å²) in [5.74, 6) is 5.43. The fraction of sp³-hybridized carbons (Fsp3) is 0.500. The van der Waals surface area contributed by atoms with Crippen LogP contribution < -0.4 is 11.3 Å². The Kier molecular flexibility index (Phi) is 4.31. The summed E-state index contributed by atoms with van der Waals surface area (Å²) in [6, 6.07) is 4.69. The summed E-state index contributed by atoms with van der Waals surface area (Å²) in [6.45, 7) is 1.55. The fourth-order valence-corrected chi connectivity index (χ4v) is 2.49. The number of benzene rings is 1. The molecule has 2 rings (SSSR count). The van der Waals surface area contributed by atoms with Crippen LogP contribution >= 0.6 is 0 Å². The highest BCUT2D eigenvalue weighted by Crippen LogP contribution is 2.26. The highest BCUT2D eigenvalue weighted by molar-refractivity contribution is 5.55. The van der Waals surface area contributed by atoms with E-state index in [4.69, 9.17) is 5.84 Å². The van der Waals surface area contributed by atoms with E-state index in [1.54, 1.807) is 6.07 Å². The molecule has 0 spiro atoms. The molecule has 0 aliphatic carbocycles. The van der Waals surface area contributed by atoms with Gasteiger partial charge in [-0.25, -0.2) is 0 Å². The Labute approximate surface area is 111 Å². The fourth-order valence-electron chi connectivity index (χ4n) is 2.49. The molecule has 0 bridgehead atoms. The molecule has 1 unspecified atom stereocenters. The first-order valence-electron chi connectivity index (χ1n) is 6.24. The predicted molar refractivity (Wildman–Crippen MR) is 71.4 cm³/mol. The number of aliphatic hydroxyl groups is 1. The summed E-state index contributed by atoms with van der Waals surface area (Å²) in [6.07, 6.45) is 1.99. The van der Waals surface area contributed by atoms with Crippen molar-refractivity contribution in [1.82, 2.24) is 4.90 Å². The van der Waals surface area contributed by atoms with Crippen LogP contribution in [0.15, 0.2) is 18.2 Å². The molecule has 1 aliphatic heterocycles. The molecule has 104 valence electrons. The lowest BCUT2D eigenvalue weighted by Crippen LogP contribution is -2.32. The number of likely N-dealkylation sites (tertiary alicyclic amines) is 1. The molecule has 7 nitrogen and oxygen atoms in total. The number of nitro groups is 1. The van der Waals surface area contributed by atoms with Crippen molar-refractivity contribution in [2.24, 2.45) is 5.84 Å². The number of rotatable bonds is 5. The highest BCUT2D eigenvalue weighted by atomic mass is 16.6. The van der Waals surface area contributed by atoms with E-state index in [0.717, 1.165) is 24.9 Å². The van der Waals surface area contributed by atoms with Gasteiger partial charge in [0, 0.05) is 24.7 Å². The van der Waals surface area contributed by atoms with Gasteiger partial charge in [-0.15, -0.1) is 0 Å². The van der Waals surface area contributed by atoms with Gasteiger partial charge in [0.15, 0.2) is 0 Å². The molecule has 1 heterocycles. The lowest BCUT2D eigenvalue weighted by molar-refractivity contribution is -0.384. The lowest BCUT2D eigenvalue weighted by atomic mass is 10.1. The SMILES string of the molecule is NNc1ccc([N+](=O)[O-])cc1CN1CCCC1CO. The Morgan fingerprint density at radius 3 is 3.00 bits per heavy atom. The molecule has 1 aliphatic rings. The maximum atomic E-state index is 10.8. The average Bonchev–Trinajstić information content (AvgIpc) is 2.85. The standard InChI is InChI=1S/C12H18N4O3/c13-14-12-4-3-10(16(18)19)6-9(12)7-15-5-1-2-11(15)8-17/h3-4,6,11,14,17H,1-2,5,7-8,13H2. The quantitative estimate of drug-likeness (QED) is 0.414. The van der Waals surface area contributed by atoms with Crippen LogP contribution in [0.5, 0.6) is 0 Å². The van der Waals surface area contributed by atoms with E-state index in [2.05, 4.69) is 10.3 Å². The molecular weight excluding hydrogens is 248 g/mol. The maximum Gasteiger partial charge on any atom is 0.269 e. The molecule has 1 aromatic rings. The number of hydrazine groups is 1. The summed E-state index contributed by atoms with van der Waals surface area (Å²) in [4.78, 5) is 12.5. The van der Waals surface area contributed by atoms with Gasteiger partial charge < -0.3 is 10.5 Å². The summed E-state index contributed by atoms with van der Waals surface area (Å²) < 4.78 is 0. The number of nitro benzene ring substituents is 1. The minimum atomic E-state index is -0.419. The van der Waals surface area contributed by atoms with Crippen LogP contribution in [0, 0.1) is 10.1 Å². The first kappa shape index (κ1) is 13.7. The van der Waals surface area contributed by atoms with Crippen molar-refractivity contribution in [3.63, 3.8) is 0 Å². The minimum Gasteiger partial charge on any atom is -0.395 e. The first-order chi connectivity index (χ1) is 9.15. The Morgan fingerprint density at radius 2 is 2.37 bits per heavy atom. The number of nitrogens with two attached hydrogens (primary N) is 1. The summed E-state index contributed by atoms with van der Waals surface area (Å²) in [7, 11) is 0. The van der Waals surface area contributed by atoms with Crippen LogP contribution in [0.4, 0.5) is 11.4 Å². The zero-order chi connectivity index (χ0) is 13.8. The van der Waals surface area contributed by atoms with Gasteiger partial charge in [-0.05, 0) is 31.0 Å². The summed E-state index contributed by atoms with van der Waals surface area (Å²) >= 11 is 0. The van der Waals surface area contributed by atoms with Crippen molar-refractivity contribution in [2.45, 2.75) is 25.4 Å². The third-order valence-corrected chi connectivity index (χ3v) is 3.54. The minimum absolute atomic E-state index is 0.0498. The Hall–Kier alpha value is -1.70. The lowest BCUT2D eigenvalue weighted by Gasteiger charge is -2.23. The topological polar surface area (TPSA) is 105 Å². The smallest absolute Gasteiger partial charge is 0.269 e. The summed E-state index contributed by atoms with van der Waals surface area (Å²) in [5, 5.41) is 20.1. The zero-order valence-electron chi connectivity index (χ0n) is 10.6. The molecule has 19 heavy (non-hydrogen) atoms. The largest absolute Gasteiger partial charge is 0.395 e. The number of aliphatic hydroxyl groups excluding tert-OH is 1. The third kappa shape index (κ3) is 3.01. The average molecular weight is 266 g/mol. The van der Waals surface area contributed by atoms with Gasteiger partial charge in [-0.1, -0.05) is 0 Å². The van der Waals surface area contributed by atoms with Gasteiger partial charge in [0.05, 0.1) is 17.2 Å². The Morgan fingerprint density at radius 1 is 1.58 bits per heavy atom. The van der Waals surface area contributed by atoms with E-state index >= 15 is 0 Å². The monoisotopic (exact) mass is 266 g/mol. The molecule has 1 aromatic carbocycles. The van der Waals surface area contributed by atoms with E-state index in [1.165, 1.54) is 12.1 Å². The molecule has 1 atom stereocenters. The maximum absolute atomic E-state index is 10.8. The predicted octanol–water partition coefficient (Wildman–Crippen LogP) is 0.837. The molecule has 1 fully saturated rings. The van der Waals surface area contributed by atoms with Crippen molar-refractivity contribution < 1.29 is 10.0 Å². The van der Waals surface area contributed by atoms with Crippen LogP contribution in [0.3, 0.4) is 0 Å². The van der Waals surface area contributed by atoms with Crippen molar-refractivity contribution in [3.8, 4) is 0 Å². The Balaban J connectivity index is 2.22. The number of hydrogen-bond acceptors (Lipinski definition) is 6. The van der Waals surface area contributed by atoms with Gasteiger partial charge in [0.1, 0.15) is 0 Å². The summed E-state index contributed by atoms with van der Waals surface area (Å²) in [5.41, 5.74) is 4.06. The molecule has 0 aromatic heterocycles. The van der Waals surface area contributed by atoms with Gasteiger partial charge in [0.25, 0.3) is 5.69 Å². The highest BCUT2D eigenvalue weighted by Gasteiger charge is 2.24. The van der Waals surface area contributed by atoms with Crippen molar-refractivity contribution in [3.05, 3.63) is 33.9 Å². The van der Waals surface area contributed by atoms with Crippen LogP contribution in [0.2, 0.25) is 0 Å². The molecule has 4 N–H and O–H groups in total. The van der Waals surface area contributed by atoms with E-state index in [1.807, 2.05) is 0 Å². The molecule has 0 radical (unpaired) electrons. The van der Waals surface area contributed by atoms with E-state index in [-0.39, 0.29) is 18.3 Å². The number of nitrogen functional groups attached to an aromatic ring is 1. The number of anilines is 1. The van der Waals surface area contributed by atoms with Crippen LogP contribution in [0.25, 0.3) is 0 Å². The second-order valence-electron chi connectivity index (χ2n) is 4.69. The van der Waals surface area contributed by atoms with Gasteiger partial charge in [0.2, 0.25) is 0 Å². The second kappa shape index (κ2) is 5.96. The van der Waals surface area contributed by atoms with Crippen molar-refractivity contribution >= 4 is 11.4 Å². The Bertz CT molecular complexity index is 466. The van der Waals surface area contributed by atoms with E-state index in [9.17, 15) is 15.2 Å². The number of nitrogens with zero attached hydrogens (tertiary/aromatic N) is 2. The van der Waals surface area contributed by atoms with Gasteiger partial charge in [-0.3, -0.25) is 20.9 Å². The van der Waals surface area contributed by atoms with Crippen LogP contribution in [-0.2, 0) is 6.54 Å². The zero-order valence-corrected chi connectivity index (χ0v) is 10.6.